The van der Waals surface area contributed by atoms with Crippen molar-refractivity contribution in [1.82, 2.24) is 15.1 Å². The second-order valence-corrected chi connectivity index (χ2v) is 4.97. The number of hydrogen-bond acceptors (Lipinski definition) is 2. The van der Waals surface area contributed by atoms with Crippen LogP contribution in [0.25, 0.3) is 0 Å². The molecule has 1 N–H and O–H groups in total. The summed E-state index contributed by atoms with van der Waals surface area (Å²) in [6, 6.07) is 0. The van der Waals surface area contributed by atoms with Gasteiger partial charge in [-0.05, 0) is 31.7 Å². The predicted molar refractivity (Wildman–Crippen MR) is 68.9 cm³/mol. The molecule has 0 aromatic carbocycles. The lowest BCUT2D eigenvalue weighted by molar-refractivity contribution is -0.121. The van der Waals surface area contributed by atoms with Crippen LogP contribution in [0.4, 0.5) is 0 Å². The summed E-state index contributed by atoms with van der Waals surface area (Å²) in [6.45, 7) is 8.98. The fourth-order valence-corrected chi connectivity index (χ4v) is 1.82. The van der Waals surface area contributed by atoms with Gasteiger partial charge in [-0.15, -0.1) is 0 Å². The number of aromatic nitrogens is 2. The Labute approximate surface area is 103 Å². The van der Waals surface area contributed by atoms with Gasteiger partial charge in [0, 0.05) is 25.7 Å². The maximum Gasteiger partial charge on any atom is 0.220 e. The SMILES string of the molecule is Cc1nn(C)c(C)c1CCC(=O)NCC(C)C. The lowest BCUT2D eigenvalue weighted by atomic mass is 10.1. The largest absolute Gasteiger partial charge is 0.356 e. The summed E-state index contributed by atoms with van der Waals surface area (Å²) < 4.78 is 1.87. The van der Waals surface area contributed by atoms with Gasteiger partial charge >= 0.3 is 0 Å². The Morgan fingerprint density at radius 1 is 1.41 bits per heavy atom. The quantitative estimate of drug-likeness (QED) is 0.848. The summed E-state index contributed by atoms with van der Waals surface area (Å²) in [6.07, 6.45) is 1.32. The van der Waals surface area contributed by atoms with Gasteiger partial charge in [-0.2, -0.15) is 5.10 Å². The van der Waals surface area contributed by atoms with E-state index in [2.05, 4.69) is 24.3 Å². The summed E-state index contributed by atoms with van der Waals surface area (Å²) in [5.74, 6) is 0.627. The molecule has 0 atom stereocenters. The van der Waals surface area contributed by atoms with Gasteiger partial charge in [-0.1, -0.05) is 13.8 Å². The topological polar surface area (TPSA) is 46.9 Å². The summed E-state index contributed by atoms with van der Waals surface area (Å²) in [7, 11) is 1.94. The first-order valence-corrected chi connectivity index (χ1v) is 6.17. The zero-order chi connectivity index (χ0) is 13.0. The highest BCUT2D eigenvalue weighted by Gasteiger charge is 2.11. The average Bonchev–Trinajstić information content (AvgIpc) is 2.48. The Hall–Kier alpha value is -1.32. The third-order valence-electron chi connectivity index (χ3n) is 2.97. The Morgan fingerprint density at radius 3 is 2.53 bits per heavy atom. The van der Waals surface area contributed by atoms with Crippen molar-refractivity contribution in [1.29, 1.82) is 0 Å². The van der Waals surface area contributed by atoms with E-state index in [-0.39, 0.29) is 5.91 Å². The number of rotatable bonds is 5. The molecule has 1 heterocycles. The second-order valence-electron chi connectivity index (χ2n) is 4.97. The molecule has 4 nitrogen and oxygen atoms in total. The highest BCUT2D eigenvalue weighted by Crippen LogP contribution is 2.13. The number of carbonyl (C=O) groups is 1. The molecule has 17 heavy (non-hydrogen) atoms. The lowest BCUT2D eigenvalue weighted by Crippen LogP contribution is -2.27. The van der Waals surface area contributed by atoms with Crippen molar-refractivity contribution < 1.29 is 4.79 Å². The maximum atomic E-state index is 11.6. The van der Waals surface area contributed by atoms with Crippen LogP contribution in [0, 0.1) is 19.8 Å². The van der Waals surface area contributed by atoms with Crippen LogP contribution in [-0.4, -0.2) is 22.2 Å². The molecule has 0 bridgehead atoms. The van der Waals surface area contributed by atoms with E-state index in [1.54, 1.807) is 0 Å². The van der Waals surface area contributed by atoms with Crippen LogP contribution in [0.15, 0.2) is 0 Å². The summed E-state index contributed by atoms with van der Waals surface area (Å²) >= 11 is 0. The van der Waals surface area contributed by atoms with E-state index in [1.165, 1.54) is 5.56 Å². The molecule has 0 spiro atoms. The summed E-state index contributed by atoms with van der Waals surface area (Å²) in [5, 5.41) is 7.28. The average molecular weight is 237 g/mol. The Morgan fingerprint density at radius 2 is 2.06 bits per heavy atom. The zero-order valence-electron chi connectivity index (χ0n) is 11.5. The second kappa shape index (κ2) is 5.84. The monoisotopic (exact) mass is 237 g/mol. The van der Waals surface area contributed by atoms with Gasteiger partial charge < -0.3 is 5.32 Å². The molecule has 96 valence electrons. The van der Waals surface area contributed by atoms with Gasteiger partial charge in [0.15, 0.2) is 0 Å². The van der Waals surface area contributed by atoms with Gasteiger partial charge in [-0.3, -0.25) is 9.48 Å². The van der Waals surface area contributed by atoms with E-state index in [0.717, 1.165) is 24.4 Å². The first-order chi connectivity index (χ1) is 7.91. The Bertz CT molecular complexity index is 394. The smallest absolute Gasteiger partial charge is 0.220 e. The van der Waals surface area contributed by atoms with Gasteiger partial charge in [-0.25, -0.2) is 0 Å². The van der Waals surface area contributed by atoms with Gasteiger partial charge in [0.1, 0.15) is 0 Å². The van der Waals surface area contributed by atoms with Gasteiger partial charge in [0.05, 0.1) is 5.69 Å². The molecule has 4 heteroatoms. The van der Waals surface area contributed by atoms with Crippen molar-refractivity contribution in [3.63, 3.8) is 0 Å². The van der Waals surface area contributed by atoms with E-state index in [9.17, 15) is 4.79 Å². The van der Waals surface area contributed by atoms with Crippen molar-refractivity contribution >= 4 is 5.91 Å². The van der Waals surface area contributed by atoms with E-state index in [4.69, 9.17) is 0 Å². The van der Waals surface area contributed by atoms with Crippen LogP contribution in [0.1, 0.15) is 37.2 Å². The minimum atomic E-state index is 0.126. The van der Waals surface area contributed by atoms with Crippen LogP contribution >= 0.6 is 0 Å². The van der Waals surface area contributed by atoms with Crippen LogP contribution in [-0.2, 0) is 18.3 Å². The van der Waals surface area contributed by atoms with Crippen molar-refractivity contribution in [2.45, 2.75) is 40.5 Å². The molecule has 1 rings (SSSR count). The molecule has 0 radical (unpaired) electrons. The molecule has 0 aliphatic rings. The number of hydrogen-bond donors (Lipinski definition) is 1. The minimum absolute atomic E-state index is 0.126. The number of amides is 1. The van der Waals surface area contributed by atoms with Crippen LogP contribution in [0.5, 0.6) is 0 Å². The fraction of sp³-hybridized carbons (Fsp3) is 0.692. The summed E-state index contributed by atoms with van der Waals surface area (Å²) in [5.41, 5.74) is 3.38. The van der Waals surface area contributed by atoms with Crippen molar-refractivity contribution in [3.8, 4) is 0 Å². The molecule has 0 saturated carbocycles. The Balaban J connectivity index is 2.47. The molecule has 0 aliphatic heterocycles. The summed E-state index contributed by atoms with van der Waals surface area (Å²) in [4.78, 5) is 11.6. The van der Waals surface area contributed by atoms with E-state index in [1.807, 2.05) is 25.6 Å². The first-order valence-electron chi connectivity index (χ1n) is 6.17. The molecule has 0 saturated heterocycles. The normalized spacial score (nSPS) is 10.9. The molecule has 0 fully saturated rings. The third kappa shape index (κ3) is 3.88. The highest BCUT2D eigenvalue weighted by molar-refractivity contribution is 5.76. The predicted octanol–water partition coefficient (Wildman–Crippen LogP) is 1.74. The number of nitrogens with one attached hydrogen (secondary N) is 1. The zero-order valence-corrected chi connectivity index (χ0v) is 11.5. The standard InChI is InChI=1S/C13H23N3O/c1-9(2)8-14-13(17)7-6-12-10(3)15-16(5)11(12)4/h9H,6-8H2,1-5H3,(H,14,17). The molecule has 1 aromatic heterocycles. The number of carbonyl (C=O) groups excluding carboxylic acids is 1. The van der Waals surface area contributed by atoms with Gasteiger partial charge in [0.2, 0.25) is 5.91 Å². The molecule has 1 amide bonds. The molecular weight excluding hydrogens is 214 g/mol. The van der Waals surface area contributed by atoms with Crippen molar-refractivity contribution in [3.05, 3.63) is 17.0 Å². The Kier molecular flexibility index (Phi) is 4.73. The van der Waals surface area contributed by atoms with E-state index < -0.39 is 0 Å². The van der Waals surface area contributed by atoms with Crippen molar-refractivity contribution in [2.75, 3.05) is 6.54 Å². The molecule has 0 aliphatic carbocycles. The minimum Gasteiger partial charge on any atom is -0.356 e. The fourth-order valence-electron chi connectivity index (χ4n) is 1.82. The molecular formula is C13H23N3O. The lowest BCUT2D eigenvalue weighted by Gasteiger charge is -2.07. The van der Waals surface area contributed by atoms with Crippen LogP contribution in [0.2, 0.25) is 0 Å². The van der Waals surface area contributed by atoms with Crippen LogP contribution in [0.3, 0.4) is 0 Å². The maximum absolute atomic E-state index is 11.6. The first kappa shape index (κ1) is 13.7. The molecule has 0 unspecified atom stereocenters. The van der Waals surface area contributed by atoms with E-state index in [0.29, 0.717) is 12.3 Å². The highest BCUT2D eigenvalue weighted by atomic mass is 16.1. The van der Waals surface area contributed by atoms with Gasteiger partial charge in [0.25, 0.3) is 0 Å². The van der Waals surface area contributed by atoms with E-state index >= 15 is 0 Å². The number of aryl methyl sites for hydroxylation is 2. The van der Waals surface area contributed by atoms with Crippen molar-refractivity contribution in [2.24, 2.45) is 13.0 Å². The third-order valence-corrected chi connectivity index (χ3v) is 2.97. The van der Waals surface area contributed by atoms with Crippen LogP contribution < -0.4 is 5.32 Å². The molecule has 1 aromatic rings. The number of nitrogens with zero attached hydrogens (tertiary/aromatic N) is 2.